The van der Waals surface area contributed by atoms with Gasteiger partial charge in [0, 0.05) is 6.42 Å². The Balaban J connectivity index is 2.67. The Bertz CT molecular complexity index is 498. The van der Waals surface area contributed by atoms with Crippen LogP contribution in [0.3, 0.4) is 0 Å². The zero-order valence-corrected chi connectivity index (χ0v) is 12.9. The minimum atomic E-state index is -0.423. The lowest BCUT2D eigenvalue weighted by Gasteiger charge is -2.10. The minimum absolute atomic E-state index is 0.0941. The summed E-state index contributed by atoms with van der Waals surface area (Å²) in [6, 6.07) is 4.73. The van der Waals surface area contributed by atoms with Crippen LogP contribution in [0.15, 0.2) is 18.2 Å². The van der Waals surface area contributed by atoms with Gasteiger partial charge >= 0.3 is 5.97 Å². The molecule has 0 fully saturated rings. The van der Waals surface area contributed by atoms with E-state index in [4.69, 9.17) is 10.5 Å². The molecule has 0 spiro atoms. The average molecular weight is 292 g/mol. The number of carbonyl (C=O) groups excluding carboxylic acids is 2. The molecule has 0 saturated heterocycles. The molecule has 0 aromatic heterocycles. The Morgan fingerprint density at radius 3 is 2.67 bits per heavy atom. The van der Waals surface area contributed by atoms with E-state index in [1.165, 1.54) is 0 Å². The Kier molecular flexibility index (Phi) is 6.72. The number of nitrogens with one attached hydrogen (secondary N) is 1. The number of hydrogen-bond acceptors (Lipinski definition) is 4. The third-order valence-corrected chi connectivity index (χ3v) is 3.02. The summed E-state index contributed by atoms with van der Waals surface area (Å²) in [6.45, 7) is 6.30. The van der Waals surface area contributed by atoms with Crippen molar-refractivity contribution in [2.75, 3.05) is 17.7 Å². The molecule has 0 unspecified atom stereocenters. The number of carbonyl (C=O) groups is 2. The van der Waals surface area contributed by atoms with Crippen molar-refractivity contribution in [3.8, 4) is 0 Å². The van der Waals surface area contributed by atoms with Crippen molar-refractivity contribution in [2.24, 2.45) is 5.92 Å². The molecule has 1 rings (SSSR count). The number of anilines is 2. The van der Waals surface area contributed by atoms with Crippen molar-refractivity contribution in [3.05, 3.63) is 23.8 Å². The van der Waals surface area contributed by atoms with Crippen LogP contribution in [-0.4, -0.2) is 18.5 Å². The molecular formula is C16H24N2O3. The first-order chi connectivity index (χ1) is 9.93. The predicted octanol–water partition coefficient (Wildman–Crippen LogP) is 3.21. The molecule has 5 nitrogen and oxygen atoms in total. The molecular weight excluding hydrogens is 268 g/mol. The SMILES string of the molecule is CCOC(=O)c1ccc(N)c(NC(=O)CCCC(C)C)c1. The van der Waals surface area contributed by atoms with E-state index >= 15 is 0 Å². The highest BCUT2D eigenvalue weighted by molar-refractivity contribution is 5.97. The smallest absolute Gasteiger partial charge is 0.338 e. The van der Waals surface area contributed by atoms with Crippen LogP contribution in [0.1, 0.15) is 50.4 Å². The molecule has 0 saturated carbocycles. The number of esters is 1. The Labute approximate surface area is 125 Å². The summed E-state index contributed by atoms with van der Waals surface area (Å²) in [5, 5.41) is 2.75. The van der Waals surface area contributed by atoms with Gasteiger partial charge in [-0.25, -0.2) is 4.79 Å². The molecule has 3 N–H and O–H groups in total. The number of ether oxygens (including phenoxy) is 1. The lowest BCUT2D eigenvalue weighted by atomic mass is 10.1. The molecule has 1 amide bonds. The van der Waals surface area contributed by atoms with E-state index in [9.17, 15) is 9.59 Å². The first-order valence-corrected chi connectivity index (χ1v) is 7.30. The molecule has 1 aromatic rings. The monoisotopic (exact) mass is 292 g/mol. The summed E-state index contributed by atoms with van der Waals surface area (Å²) in [5.41, 5.74) is 7.08. The topological polar surface area (TPSA) is 81.4 Å². The highest BCUT2D eigenvalue weighted by Gasteiger charge is 2.11. The van der Waals surface area contributed by atoms with Gasteiger partial charge in [0.15, 0.2) is 0 Å². The quantitative estimate of drug-likeness (QED) is 0.597. The number of nitrogen functional groups attached to an aromatic ring is 1. The summed E-state index contributed by atoms with van der Waals surface area (Å²) in [7, 11) is 0. The van der Waals surface area contributed by atoms with Crippen LogP contribution in [0.4, 0.5) is 11.4 Å². The summed E-state index contributed by atoms with van der Waals surface area (Å²) >= 11 is 0. The van der Waals surface area contributed by atoms with Crippen molar-refractivity contribution in [1.29, 1.82) is 0 Å². The summed E-state index contributed by atoms with van der Waals surface area (Å²) in [6.07, 6.45) is 2.29. The molecule has 116 valence electrons. The lowest BCUT2D eigenvalue weighted by molar-refractivity contribution is -0.116. The standard InChI is InChI=1S/C16H24N2O3/c1-4-21-16(20)12-8-9-13(17)14(10-12)18-15(19)7-5-6-11(2)3/h8-11H,4-7,17H2,1-3H3,(H,18,19). The van der Waals surface area contributed by atoms with Gasteiger partial charge < -0.3 is 15.8 Å². The van der Waals surface area contributed by atoms with E-state index in [-0.39, 0.29) is 5.91 Å². The number of rotatable bonds is 7. The maximum atomic E-state index is 11.9. The molecule has 0 aliphatic heterocycles. The Morgan fingerprint density at radius 1 is 1.33 bits per heavy atom. The van der Waals surface area contributed by atoms with Crippen LogP contribution in [0.25, 0.3) is 0 Å². The largest absolute Gasteiger partial charge is 0.462 e. The summed E-state index contributed by atoms with van der Waals surface area (Å²) in [5.74, 6) is 0.0613. The molecule has 0 aliphatic carbocycles. The lowest BCUT2D eigenvalue weighted by Crippen LogP contribution is -2.14. The second-order valence-electron chi connectivity index (χ2n) is 5.36. The van der Waals surface area contributed by atoms with Crippen LogP contribution in [0, 0.1) is 5.92 Å². The van der Waals surface area contributed by atoms with Crippen LogP contribution in [0.5, 0.6) is 0 Å². The average Bonchev–Trinajstić information content (AvgIpc) is 2.41. The number of amides is 1. The molecule has 0 aliphatic rings. The molecule has 0 bridgehead atoms. The van der Waals surface area contributed by atoms with E-state index in [1.807, 2.05) is 0 Å². The van der Waals surface area contributed by atoms with E-state index < -0.39 is 5.97 Å². The molecule has 5 heteroatoms. The van der Waals surface area contributed by atoms with Crippen molar-refractivity contribution in [1.82, 2.24) is 0 Å². The first-order valence-electron chi connectivity index (χ1n) is 7.30. The molecule has 21 heavy (non-hydrogen) atoms. The fraction of sp³-hybridized carbons (Fsp3) is 0.500. The van der Waals surface area contributed by atoms with Crippen LogP contribution >= 0.6 is 0 Å². The normalized spacial score (nSPS) is 10.5. The van der Waals surface area contributed by atoms with Gasteiger partial charge in [0.25, 0.3) is 0 Å². The van der Waals surface area contributed by atoms with Gasteiger partial charge in [0.1, 0.15) is 0 Å². The third-order valence-electron chi connectivity index (χ3n) is 3.02. The van der Waals surface area contributed by atoms with Crippen LogP contribution in [-0.2, 0) is 9.53 Å². The summed E-state index contributed by atoms with van der Waals surface area (Å²) in [4.78, 5) is 23.5. The Hall–Kier alpha value is -2.04. The van der Waals surface area contributed by atoms with Crippen molar-refractivity contribution < 1.29 is 14.3 Å². The van der Waals surface area contributed by atoms with E-state index in [0.29, 0.717) is 35.9 Å². The molecule has 0 atom stereocenters. The van der Waals surface area contributed by atoms with Gasteiger partial charge in [0.2, 0.25) is 5.91 Å². The number of hydrogen-bond donors (Lipinski definition) is 2. The van der Waals surface area contributed by atoms with E-state index in [2.05, 4.69) is 19.2 Å². The van der Waals surface area contributed by atoms with Gasteiger partial charge in [-0.2, -0.15) is 0 Å². The minimum Gasteiger partial charge on any atom is -0.462 e. The molecule has 0 radical (unpaired) electrons. The molecule has 0 heterocycles. The van der Waals surface area contributed by atoms with Gasteiger partial charge in [-0.3, -0.25) is 4.79 Å². The highest BCUT2D eigenvalue weighted by atomic mass is 16.5. The zero-order valence-electron chi connectivity index (χ0n) is 12.9. The van der Waals surface area contributed by atoms with Gasteiger partial charge in [-0.1, -0.05) is 20.3 Å². The fourth-order valence-corrected chi connectivity index (χ4v) is 1.89. The Morgan fingerprint density at radius 2 is 2.05 bits per heavy atom. The van der Waals surface area contributed by atoms with Gasteiger partial charge in [-0.15, -0.1) is 0 Å². The van der Waals surface area contributed by atoms with Crippen molar-refractivity contribution in [2.45, 2.75) is 40.0 Å². The molecule has 1 aromatic carbocycles. The second-order valence-corrected chi connectivity index (χ2v) is 5.36. The maximum absolute atomic E-state index is 11.9. The summed E-state index contributed by atoms with van der Waals surface area (Å²) < 4.78 is 4.93. The van der Waals surface area contributed by atoms with Crippen molar-refractivity contribution in [3.63, 3.8) is 0 Å². The number of nitrogens with two attached hydrogens (primary N) is 1. The third kappa shape index (κ3) is 5.85. The maximum Gasteiger partial charge on any atom is 0.338 e. The number of benzene rings is 1. The predicted molar refractivity (Wildman–Crippen MR) is 84.1 cm³/mol. The van der Waals surface area contributed by atoms with Gasteiger partial charge in [0.05, 0.1) is 23.5 Å². The van der Waals surface area contributed by atoms with E-state index in [1.54, 1.807) is 25.1 Å². The first kappa shape index (κ1) is 17.0. The van der Waals surface area contributed by atoms with E-state index in [0.717, 1.165) is 12.8 Å². The zero-order chi connectivity index (χ0) is 15.8. The van der Waals surface area contributed by atoms with Crippen LogP contribution < -0.4 is 11.1 Å². The fourth-order valence-electron chi connectivity index (χ4n) is 1.89. The second kappa shape index (κ2) is 8.29. The van der Waals surface area contributed by atoms with Crippen molar-refractivity contribution >= 4 is 23.3 Å². The highest BCUT2D eigenvalue weighted by Crippen LogP contribution is 2.21. The van der Waals surface area contributed by atoms with Crippen LogP contribution in [0.2, 0.25) is 0 Å². The van der Waals surface area contributed by atoms with Gasteiger partial charge in [-0.05, 0) is 37.5 Å².